The largest absolute Gasteiger partial charge is 0.332 e. The lowest BCUT2D eigenvalue weighted by Gasteiger charge is -2.33. The summed E-state index contributed by atoms with van der Waals surface area (Å²) in [5.74, 6) is 0. The Bertz CT molecular complexity index is 143. The molecule has 2 rings (SSSR count). The van der Waals surface area contributed by atoms with E-state index in [-0.39, 0.29) is 5.44 Å². The van der Waals surface area contributed by atoms with E-state index < -0.39 is 0 Å². The van der Waals surface area contributed by atoms with E-state index in [0.29, 0.717) is 5.31 Å². The number of hydrogen-bond donors (Lipinski definition) is 1. The molecule has 0 amide bonds. The van der Waals surface area contributed by atoms with Crippen molar-refractivity contribution < 1.29 is 0 Å². The molecule has 2 fully saturated rings. The van der Waals surface area contributed by atoms with E-state index in [1.54, 1.807) is 0 Å². The molecule has 0 aromatic carbocycles. The molecule has 55 valence electrons. The van der Waals surface area contributed by atoms with Crippen LogP contribution in [0.5, 0.6) is 0 Å². The van der Waals surface area contributed by atoms with Gasteiger partial charge in [-0.15, -0.1) is 0 Å². The summed E-state index contributed by atoms with van der Waals surface area (Å²) in [5, 5.41) is 0.507. The number of nitrogens with two attached hydrogens (primary N) is 1. The van der Waals surface area contributed by atoms with Crippen molar-refractivity contribution in [2.45, 2.75) is 49.8 Å². The van der Waals surface area contributed by atoms with E-state index in [0.717, 1.165) is 0 Å². The van der Waals surface area contributed by atoms with Crippen LogP contribution in [0.25, 0.3) is 0 Å². The van der Waals surface area contributed by atoms with E-state index in [1.807, 2.05) is 0 Å². The van der Waals surface area contributed by atoms with Gasteiger partial charge in [-0.2, -0.15) is 0 Å². The Morgan fingerprint density at radius 2 is 2.00 bits per heavy atom. The summed E-state index contributed by atoms with van der Waals surface area (Å²) in [5.41, 5.74) is 6.26. The van der Waals surface area contributed by atoms with Crippen LogP contribution in [-0.2, 0) is 0 Å². The van der Waals surface area contributed by atoms with Gasteiger partial charge in [0.25, 0.3) is 0 Å². The third-order valence-electron chi connectivity index (χ3n) is 3.19. The van der Waals surface area contributed by atoms with E-state index in [4.69, 9.17) is 5.73 Å². The SMILES string of the molecule is CC12[B]C(N)(CCC1)CC2. The van der Waals surface area contributed by atoms with Gasteiger partial charge < -0.3 is 5.73 Å². The van der Waals surface area contributed by atoms with E-state index in [9.17, 15) is 0 Å². The highest BCUT2D eigenvalue weighted by Gasteiger charge is 2.46. The van der Waals surface area contributed by atoms with Crippen LogP contribution >= 0.6 is 0 Å². The zero-order valence-electron chi connectivity index (χ0n) is 6.69. The van der Waals surface area contributed by atoms with Crippen molar-refractivity contribution in [3.8, 4) is 0 Å². The Morgan fingerprint density at radius 1 is 1.20 bits per heavy atom. The summed E-state index contributed by atoms with van der Waals surface area (Å²) in [6.45, 7) is 2.35. The fourth-order valence-corrected chi connectivity index (χ4v) is 2.57. The van der Waals surface area contributed by atoms with Crippen LogP contribution in [0.4, 0.5) is 0 Å². The Balaban J connectivity index is 2.20. The molecule has 0 saturated carbocycles. The highest BCUT2D eigenvalue weighted by atomic mass is 14.7. The zero-order valence-corrected chi connectivity index (χ0v) is 6.69. The van der Waals surface area contributed by atoms with Crippen molar-refractivity contribution in [2.24, 2.45) is 5.73 Å². The molecule has 1 radical (unpaired) electrons. The first-order valence-corrected chi connectivity index (χ1v) is 4.28. The maximum atomic E-state index is 6.13. The molecule has 2 N–H and O–H groups in total. The first-order chi connectivity index (χ1) is 4.62. The second-order valence-electron chi connectivity index (χ2n) is 4.39. The Hall–Kier alpha value is 0.0249. The summed E-state index contributed by atoms with van der Waals surface area (Å²) in [7, 11) is 2.41. The summed E-state index contributed by atoms with van der Waals surface area (Å²) in [4.78, 5) is 0. The Kier molecular flexibility index (Phi) is 1.20. The second kappa shape index (κ2) is 1.79. The first kappa shape index (κ1) is 6.72. The van der Waals surface area contributed by atoms with Crippen molar-refractivity contribution in [3.05, 3.63) is 0 Å². The van der Waals surface area contributed by atoms with Crippen LogP contribution < -0.4 is 5.73 Å². The van der Waals surface area contributed by atoms with Crippen LogP contribution in [0.3, 0.4) is 0 Å². The number of fused-ring (bicyclic) bond motifs is 2. The van der Waals surface area contributed by atoms with Gasteiger partial charge in [-0.05, 0) is 18.3 Å². The van der Waals surface area contributed by atoms with Crippen LogP contribution in [0.15, 0.2) is 0 Å². The van der Waals surface area contributed by atoms with Crippen LogP contribution in [0, 0.1) is 0 Å². The van der Waals surface area contributed by atoms with Gasteiger partial charge in [0.15, 0.2) is 0 Å². The molecular formula is C8H15BN. The minimum atomic E-state index is 0.132. The lowest BCUT2D eigenvalue weighted by molar-refractivity contribution is 0.491. The van der Waals surface area contributed by atoms with E-state index in [2.05, 4.69) is 14.2 Å². The normalized spacial score (nSPS) is 52.6. The predicted molar refractivity (Wildman–Crippen MR) is 44.1 cm³/mol. The number of rotatable bonds is 0. The third-order valence-corrected chi connectivity index (χ3v) is 3.19. The minimum Gasteiger partial charge on any atom is -0.332 e. The van der Waals surface area contributed by atoms with Gasteiger partial charge in [-0.3, -0.25) is 0 Å². The van der Waals surface area contributed by atoms with Crippen molar-refractivity contribution in [1.29, 1.82) is 0 Å². The molecule has 0 aliphatic carbocycles. The van der Waals surface area contributed by atoms with Gasteiger partial charge in [0, 0.05) is 0 Å². The van der Waals surface area contributed by atoms with Crippen LogP contribution in [0.2, 0.25) is 5.31 Å². The molecule has 2 unspecified atom stereocenters. The van der Waals surface area contributed by atoms with Gasteiger partial charge in [-0.1, -0.05) is 31.5 Å². The predicted octanol–water partition coefficient (Wildman–Crippen LogP) is 1.50. The lowest BCUT2D eigenvalue weighted by Crippen LogP contribution is -2.46. The summed E-state index contributed by atoms with van der Waals surface area (Å²) < 4.78 is 0. The van der Waals surface area contributed by atoms with Crippen molar-refractivity contribution >= 4 is 7.28 Å². The average molecular weight is 136 g/mol. The molecule has 1 nitrogen and oxygen atoms in total. The second-order valence-corrected chi connectivity index (χ2v) is 4.39. The minimum absolute atomic E-state index is 0.132. The number of hydrogen-bond acceptors (Lipinski definition) is 1. The van der Waals surface area contributed by atoms with Crippen molar-refractivity contribution in [1.82, 2.24) is 0 Å². The fraction of sp³-hybridized carbons (Fsp3) is 1.00. The molecule has 0 aromatic rings. The van der Waals surface area contributed by atoms with Gasteiger partial charge in [0.1, 0.15) is 7.28 Å². The molecule has 2 aliphatic heterocycles. The zero-order chi connectivity index (χ0) is 7.24. The first-order valence-electron chi connectivity index (χ1n) is 4.28. The molecule has 2 heterocycles. The lowest BCUT2D eigenvalue weighted by atomic mass is 9.43. The third kappa shape index (κ3) is 0.896. The molecule has 2 saturated heterocycles. The van der Waals surface area contributed by atoms with Gasteiger partial charge in [0.05, 0.1) is 0 Å². The molecule has 0 spiro atoms. The molecular weight excluding hydrogens is 121 g/mol. The highest BCUT2D eigenvalue weighted by Crippen LogP contribution is 2.51. The summed E-state index contributed by atoms with van der Waals surface area (Å²) in [6, 6.07) is 0. The molecule has 2 aliphatic rings. The highest BCUT2D eigenvalue weighted by molar-refractivity contribution is 6.45. The van der Waals surface area contributed by atoms with E-state index >= 15 is 0 Å². The molecule has 10 heavy (non-hydrogen) atoms. The average Bonchev–Trinajstić information content (AvgIpc) is 2.03. The quantitative estimate of drug-likeness (QED) is 0.501. The molecule has 0 aromatic heterocycles. The Morgan fingerprint density at radius 3 is 2.60 bits per heavy atom. The molecule has 2 heteroatoms. The van der Waals surface area contributed by atoms with Crippen molar-refractivity contribution in [3.63, 3.8) is 0 Å². The van der Waals surface area contributed by atoms with Crippen LogP contribution in [0.1, 0.15) is 39.0 Å². The standard InChI is InChI=1S/C8H15BN/c1-7-3-2-4-8(10,9-7)6-5-7/h2-6,10H2,1H3. The fourth-order valence-electron chi connectivity index (χ4n) is 2.57. The monoisotopic (exact) mass is 136 g/mol. The van der Waals surface area contributed by atoms with Gasteiger partial charge >= 0.3 is 0 Å². The Labute approximate surface area is 63.6 Å². The van der Waals surface area contributed by atoms with Gasteiger partial charge in [0.2, 0.25) is 0 Å². The maximum absolute atomic E-state index is 6.13. The maximum Gasteiger partial charge on any atom is 0.144 e. The van der Waals surface area contributed by atoms with Crippen LogP contribution in [-0.4, -0.2) is 12.7 Å². The van der Waals surface area contributed by atoms with E-state index in [1.165, 1.54) is 32.1 Å². The summed E-state index contributed by atoms with van der Waals surface area (Å²) in [6.07, 6.45) is 6.48. The molecule has 2 atom stereocenters. The topological polar surface area (TPSA) is 26.0 Å². The van der Waals surface area contributed by atoms with Crippen molar-refractivity contribution in [2.75, 3.05) is 0 Å². The molecule has 2 bridgehead atoms. The van der Waals surface area contributed by atoms with Gasteiger partial charge in [-0.25, -0.2) is 0 Å². The summed E-state index contributed by atoms with van der Waals surface area (Å²) >= 11 is 0. The smallest absolute Gasteiger partial charge is 0.144 e.